The Hall–Kier alpha value is -2.45. The molecule has 0 amide bonds. The average molecular weight is 448 g/mol. The maximum absolute atomic E-state index is 13.3. The minimum atomic E-state index is -3.72. The number of hydrogen-bond donors (Lipinski definition) is 0. The third-order valence-electron chi connectivity index (χ3n) is 5.91. The van der Waals surface area contributed by atoms with E-state index in [4.69, 9.17) is 9.47 Å². The molecule has 1 heterocycles. The van der Waals surface area contributed by atoms with Gasteiger partial charge in [-0.1, -0.05) is 43.2 Å². The van der Waals surface area contributed by atoms with Crippen molar-refractivity contribution in [2.75, 3.05) is 27.3 Å². The van der Waals surface area contributed by atoms with Crippen molar-refractivity contribution < 1.29 is 27.5 Å². The number of sulfonamides is 1. The van der Waals surface area contributed by atoms with Gasteiger partial charge in [-0.15, -0.1) is 0 Å². The first-order valence-electron chi connectivity index (χ1n) is 10.2. The zero-order valence-electron chi connectivity index (χ0n) is 18.6. The van der Waals surface area contributed by atoms with Crippen LogP contribution in [0.5, 0.6) is 0 Å². The summed E-state index contributed by atoms with van der Waals surface area (Å²) < 4.78 is 38.0. The summed E-state index contributed by atoms with van der Waals surface area (Å²) in [5, 5.41) is 0. The maximum atomic E-state index is 13.3. The molecule has 2 aliphatic rings. The Morgan fingerprint density at radius 2 is 1.68 bits per heavy atom. The number of rotatable bonds is 5. The molecule has 0 aromatic heterocycles. The monoisotopic (exact) mass is 447 g/mol. The van der Waals surface area contributed by atoms with Gasteiger partial charge >= 0.3 is 11.9 Å². The van der Waals surface area contributed by atoms with Gasteiger partial charge in [0, 0.05) is 13.1 Å². The minimum Gasteiger partial charge on any atom is -0.468 e. The van der Waals surface area contributed by atoms with Crippen molar-refractivity contribution in [3.8, 4) is 0 Å². The van der Waals surface area contributed by atoms with Gasteiger partial charge in [-0.05, 0) is 49.0 Å². The van der Waals surface area contributed by atoms with Crippen LogP contribution in [-0.2, 0) is 29.1 Å². The molecule has 168 valence electrons. The number of ether oxygens (including phenoxy) is 2. The molecule has 0 fully saturated rings. The van der Waals surface area contributed by atoms with Crippen molar-refractivity contribution in [3.05, 3.63) is 52.6 Å². The van der Waals surface area contributed by atoms with Crippen molar-refractivity contribution >= 4 is 22.0 Å². The second-order valence-electron chi connectivity index (χ2n) is 8.37. The first kappa shape index (κ1) is 23.2. The molecule has 0 radical (unpaired) electrons. The van der Waals surface area contributed by atoms with Crippen molar-refractivity contribution in [1.29, 1.82) is 0 Å². The zero-order chi connectivity index (χ0) is 23.0. The van der Waals surface area contributed by atoms with Gasteiger partial charge in [0.25, 0.3) is 0 Å². The van der Waals surface area contributed by atoms with E-state index in [2.05, 4.69) is 0 Å². The predicted octanol–water partition coefficient (Wildman–Crippen LogP) is 3.00. The quantitative estimate of drug-likeness (QED) is 0.509. The smallest absolute Gasteiger partial charge is 0.328 e. The molecular formula is C23H29NO6S. The summed E-state index contributed by atoms with van der Waals surface area (Å²) in [6.07, 6.45) is 2.43. The van der Waals surface area contributed by atoms with Gasteiger partial charge in [0.15, 0.2) is 5.41 Å². The van der Waals surface area contributed by atoms with Crippen LogP contribution in [0.25, 0.3) is 0 Å². The van der Waals surface area contributed by atoms with Crippen molar-refractivity contribution in [2.45, 2.75) is 38.5 Å². The number of carbonyl (C=O) groups is 2. The summed E-state index contributed by atoms with van der Waals surface area (Å²) in [7, 11) is -1.24. The third-order valence-corrected chi connectivity index (χ3v) is 7.77. The second-order valence-corrected chi connectivity index (χ2v) is 10.3. The summed E-state index contributed by atoms with van der Waals surface area (Å²) in [6, 6.07) is 6.73. The SMILES string of the molecule is COC(=O)C1(C(=O)OC)CC2=C(CN(S(=O)(=O)c3ccc(C)cc3)CC2)/C1=C\C(C)C. The van der Waals surface area contributed by atoms with E-state index in [1.54, 1.807) is 24.3 Å². The lowest BCUT2D eigenvalue weighted by Gasteiger charge is -2.29. The lowest BCUT2D eigenvalue weighted by atomic mass is 9.78. The molecule has 0 saturated heterocycles. The average Bonchev–Trinajstić information content (AvgIpc) is 3.06. The topological polar surface area (TPSA) is 90.0 Å². The molecule has 1 aromatic carbocycles. The van der Waals surface area contributed by atoms with Crippen LogP contribution in [0, 0.1) is 18.3 Å². The van der Waals surface area contributed by atoms with E-state index >= 15 is 0 Å². The number of carbonyl (C=O) groups excluding carboxylic acids is 2. The highest BCUT2D eigenvalue weighted by molar-refractivity contribution is 7.89. The molecule has 0 atom stereocenters. The van der Waals surface area contributed by atoms with E-state index in [1.807, 2.05) is 26.8 Å². The third kappa shape index (κ3) is 3.94. The van der Waals surface area contributed by atoms with Gasteiger partial charge in [0.05, 0.1) is 19.1 Å². The molecule has 8 heteroatoms. The number of allylic oxidation sites excluding steroid dienone is 1. The fourth-order valence-corrected chi connectivity index (χ4v) is 5.77. The van der Waals surface area contributed by atoms with Gasteiger partial charge in [-0.25, -0.2) is 8.42 Å². The first-order chi connectivity index (χ1) is 14.6. The molecule has 31 heavy (non-hydrogen) atoms. The zero-order valence-corrected chi connectivity index (χ0v) is 19.4. The Morgan fingerprint density at radius 1 is 1.10 bits per heavy atom. The van der Waals surface area contributed by atoms with Crippen LogP contribution in [0.2, 0.25) is 0 Å². The number of benzene rings is 1. The van der Waals surface area contributed by atoms with E-state index < -0.39 is 27.4 Å². The molecule has 0 bridgehead atoms. The van der Waals surface area contributed by atoms with Gasteiger partial charge in [-0.2, -0.15) is 4.31 Å². The largest absolute Gasteiger partial charge is 0.468 e. The summed E-state index contributed by atoms with van der Waals surface area (Å²) in [6.45, 7) is 6.15. The van der Waals surface area contributed by atoms with Gasteiger partial charge in [-0.3, -0.25) is 9.59 Å². The van der Waals surface area contributed by atoms with E-state index in [9.17, 15) is 18.0 Å². The molecule has 0 unspecified atom stereocenters. The van der Waals surface area contributed by atoms with Gasteiger partial charge in [0.1, 0.15) is 0 Å². The van der Waals surface area contributed by atoms with Crippen molar-refractivity contribution in [2.24, 2.45) is 11.3 Å². The lowest BCUT2D eigenvalue weighted by Crippen LogP contribution is -2.42. The van der Waals surface area contributed by atoms with Crippen LogP contribution in [0.1, 0.15) is 32.3 Å². The van der Waals surface area contributed by atoms with E-state index in [0.29, 0.717) is 17.6 Å². The molecule has 0 N–H and O–H groups in total. The van der Waals surface area contributed by atoms with E-state index in [-0.39, 0.29) is 30.3 Å². The highest BCUT2D eigenvalue weighted by Crippen LogP contribution is 2.51. The van der Waals surface area contributed by atoms with Crippen LogP contribution >= 0.6 is 0 Å². The molecular weight excluding hydrogens is 418 g/mol. The standard InChI is InChI=1S/C23H29NO6S/c1-15(2)12-20-19-14-24(31(27,28)18-8-6-16(3)7-9-18)11-10-17(19)13-23(20,21(25)29-4)22(26)30-5/h6-9,12,15H,10-11,13-14H2,1-5H3/b20-12+. The van der Waals surface area contributed by atoms with Crippen molar-refractivity contribution in [3.63, 3.8) is 0 Å². The fraction of sp³-hybridized carbons (Fsp3) is 0.478. The number of aryl methyl sites for hydroxylation is 1. The van der Waals surface area contributed by atoms with Crippen LogP contribution in [0.3, 0.4) is 0 Å². The molecule has 0 saturated carbocycles. The maximum Gasteiger partial charge on any atom is 0.328 e. The molecule has 1 aliphatic heterocycles. The number of methoxy groups -OCH3 is 2. The molecule has 1 aromatic rings. The summed E-state index contributed by atoms with van der Waals surface area (Å²) in [5.41, 5.74) is 1.49. The van der Waals surface area contributed by atoms with Crippen molar-refractivity contribution in [1.82, 2.24) is 4.31 Å². The Labute approximate surface area is 183 Å². The molecule has 3 rings (SSSR count). The second kappa shape index (κ2) is 8.59. The number of nitrogens with zero attached hydrogens (tertiary/aromatic N) is 1. The normalized spacial score (nSPS) is 20.1. The Bertz CT molecular complexity index is 1030. The molecule has 0 spiro atoms. The molecule has 1 aliphatic carbocycles. The number of hydrogen-bond acceptors (Lipinski definition) is 6. The predicted molar refractivity (Wildman–Crippen MR) is 116 cm³/mol. The fourth-order valence-electron chi connectivity index (χ4n) is 4.36. The molecule has 7 nitrogen and oxygen atoms in total. The Morgan fingerprint density at radius 3 is 2.19 bits per heavy atom. The van der Waals surface area contributed by atoms with Crippen LogP contribution in [-0.4, -0.2) is 52.0 Å². The van der Waals surface area contributed by atoms with E-state index in [0.717, 1.165) is 11.1 Å². The summed E-state index contributed by atoms with van der Waals surface area (Å²) in [5.74, 6) is -1.35. The number of esters is 2. The Kier molecular flexibility index (Phi) is 6.43. The van der Waals surface area contributed by atoms with E-state index in [1.165, 1.54) is 18.5 Å². The van der Waals surface area contributed by atoms with Crippen LogP contribution in [0.4, 0.5) is 0 Å². The highest BCUT2D eigenvalue weighted by atomic mass is 32.2. The minimum absolute atomic E-state index is 0.0274. The van der Waals surface area contributed by atoms with Crippen LogP contribution in [0.15, 0.2) is 52.0 Å². The Balaban J connectivity index is 2.06. The van der Waals surface area contributed by atoms with Crippen LogP contribution < -0.4 is 0 Å². The first-order valence-corrected chi connectivity index (χ1v) is 11.7. The summed E-state index contributed by atoms with van der Waals surface area (Å²) >= 11 is 0. The van der Waals surface area contributed by atoms with Gasteiger partial charge < -0.3 is 9.47 Å². The summed E-state index contributed by atoms with van der Waals surface area (Å²) in [4.78, 5) is 26.0. The van der Waals surface area contributed by atoms with Gasteiger partial charge in [0.2, 0.25) is 10.0 Å². The lowest BCUT2D eigenvalue weighted by molar-refractivity contribution is -0.165. The highest BCUT2D eigenvalue weighted by Gasteiger charge is 2.57.